The van der Waals surface area contributed by atoms with Crippen LogP contribution in [0.2, 0.25) is 0 Å². The maximum Gasteiger partial charge on any atom is 0.0352 e. The molecule has 0 N–H and O–H groups in total. The first kappa shape index (κ1) is 24.6. The highest BCUT2D eigenvalue weighted by Crippen LogP contribution is 2.49. The van der Waals surface area contributed by atoms with Gasteiger partial charge in [-0.3, -0.25) is 0 Å². The van der Waals surface area contributed by atoms with Crippen LogP contribution in [0.15, 0.2) is 146 Å². The van der Waals surface area contributed by atoms with E-state index in [1.165, 1.54) is 80.7 Å². The Hall–Kier alpha value is -4.98. The molecule has 43 heavy (non-hydrogen) atoms. The van der Waals surface area contributed by atoms with Gasteiger partial charge >= 0.3 is 0 Å². The number of fused-ring (bicyclic) bond motifs is 6. The Morgan fingerprint density at radius 3 is 1.81 bits per heavy atom. The molecule has 0 nitrogen and oxygen atoms in total. The predicted molar refractivity (Wildman–Crippen MR) is 187 cm³/mol. The first-order chi connectivity index (χ1) is 21.3. The van der Waals surface area contributed by atoms with Crippen molar-refractivity contribution in [2.24, 2.45) is 0 Å². The molecule has 9 rings (SSSR count). The zero-order chi connectivity index (χ0) is 28.3. The number of hydrogen-bond acceptors (Lipinski definition) is 1. The summed E-state index contributed by atoms with van der Waals surface area (Å²) >= 11 is 1.97. The second-order valence-electron chi connectivity index (χ2n) is 11.6. The lowest BCUT2D eigenvalue weighted by atomic mass is 9.79. The number of hydrogen-bond donors (Lipinski definition) is 0. The number of benzene rings is 7. The van der Waals surface area contributed by atoms with Gasteiger partial charge in [0.15, 0.2) is 0 Å². The van der Waals surface area contributed by atoms with Crippen molar-refractivity contribution in [2.45, 2.75) is 12.3 Å². The molecular weight excluding hydrogens is 537 g/mol. The van der Waals surface area contributed by atoms with Crippen molar-refractivity contribution in [2.75, 3.05) is 0 Å². The van der Waals surface area contributed by atoms with Crippen molar-refractivity contribution in [1.29, 1.82) is 0 Å². The Morgan fingerprint density at radius 2 is 1.07 bits per heavy atom. The van der Waals surface area contributed by atoms with Crippen molar-refractivity contribution < 1.29 is 0 Å². The summed E-state index contributed by atoms with van der Waals surface area (Å²) in [6.07, 6.45) is 5.75. The molecule has 1 heteroatoms. The molecule has 1 unspecified atom stereocenters. The SMILES string of the molecule is C1=Cc2c(sc3ccccc23)C(c2c3ccccc3c(-c3ccc(-c4ccc5ccccc5c4)cc3)c3ccccc23)C1. The third kappa shape index (κ3) is 3.89. The van der Waals surface area contributed by atoms with E-state index in [-0.39, 0.29) is 0 Å². The van der Waals surface area contributed by atoms with Crippen LogP contribution in [0.25, 0.3) is 70.7 Å². The van der Waals surface area contributed by atoms with Gasteiger partial charge in [-0.15, -0.1) is 11.3 Å². The fourth-order valence-electron chi connectivity index (χ4n) is 7.24. The molecule has 0 amide bonds. The van der Waals surface area contributed by atoms with E-state index in [0.717, 1.165) is 6.42 Å². The van der Waals surface area contributed by atoms with Gasteiger partial charge in [0.2, 0.25) is 0 Å². The molecule has 1 aliphatic rings. The molecule has 1 aromatic heterocycles. The van der Waals surface area contributed by atoms with Crippen LogP contribution in [0, 0.1) is 0 Å². The molecule has 1 atom stereocenters. The molecular formula is C42H28S. The van der Waals surface area contributed by atoms with Gasteiger partial charge in [0.25, 0.3) is 0 Å². The second-order valence-corrected chi connectivity index (χ2v) is 12.7. The molecule has 1 heterocycles. The van der Waals surface area contributed by atoms with E-state index >= 15 is 0 Å². The van der Waals surface area contributed by atoms with E-state index in [1.807, 2.05) is 11.3 Å². The third-order valence-electron chi connectivity index (χ3n) is 9.21. The summed E-state index contributed by atoms with van der Waals surface area (Å²) in [5, 5.41) is 9.30. The van der Waals surface area contributed by atoms with Crippen LogP contribution in [0.1, 0.15) is 28.3 Å². The highest BCUT2D eigenvalue weighted by Gasteiger charge is 2.27. The van der Waals surface area contributed by atoms with Crippen molar-refractivity contribution in [3.05, 3.63) is 162 Å². The molecule has 0 aliphatic heterocycles. The number of thiophene rings is 1. The van der Waals surface area contributed by atoms with Gasteiger partial charge in [-0.25, -0.2) is 0 Å². The van der Waals surface area contributed by atoms with Gasteiger partial charge in [0, 0.05) is 15.5 Å². The molecule has 0 saturated heterocycles. The van der Waals surface area contributed by atoms with Crippen LogP contribution in [0.4, 0.5) is 0 Å². The van der Waals surface area contributed by atoms with E-state index < -0.39 is 0 Å². The van der Waals surface area contributed by atoms with Gasteiger partial charge in [-0.1, -0.05) is 140 Å². The highest BCUT2D eigenvalue weighted by atomic mass is 32.1. The quantitative estimate of drug-likeness (QED) is 0.187. The Labute approximate surface area is 255 Å². The summed E-state index contributed by atoms with van der Waals surface area (Å²) in [5.41, 5.74) is 7.93. The van der Waals surface area contributed by atoms with Gasteiger partial charge in [0.1, 0.15) is 0 Å². The van der Waals surface area contributed by atoms with Crippen molar-refractivity contribution >= 4 is 59.8 Å². The summed E-state index contributed by atoms with van der Waals surface area (Å²) in [4.78, 5) is 1.49. The maximum atomic E-state index is 2.38. The second kappa shape index (κ2) is 9.80. The predicted octanol–water partition coefficient (Wildman–Crippen LogP) is 12.2. The minimum absolute atomic E-state index is 0.330. The van der Waals surface area contributed by atoms with Gasteiger partial charge in [-0.05, 0) is 89.6 Å². The van der Waals surface area contributed by atoms with Crippen LogP contribution in [0.5, 0.6) is 0 Å². The normalized spacial score (nSPS) is 14.6. The summed E-state index contributed by atoms with van der Waals surface area (Å²) in [6, 6.07) is 51.5. The van der Waals surface area contributed by atoms with Crippen molar-refractivity contribution in [3.63, 3.8) is 0 Å². The lowest BCUT2D eigenvalue weighted by Gasteiger charge is -2.25. The van der Waals surface area contributed by atoms with Crippen LogP contribution < -0.4 is 0 Å². The molecule has 0 bridgehead atoms. The fourth-order valence-corrected chi connectivity index (χ4v) is 8.56. The van der Waals surface area contributed by atoms with Crippen LogP contribution in [-0.4, -0.2) is 0 Å². The molecule has 7 aromatic carbocycles. The van der Waals surface area contributed by atoms with Gasteiger partial charge < -0.3 is 0 Å². The Morgan fingerprint density at radius 1 is 0.488 bits per heavy atom. The lowest BCUT2D eigenvalue weighted by molar-refractivity contribution is 0.855. The summed E-state index contributed by atoms with van der Waals surface area (Å²) < 4.78 is 1.38. The van der Waals surface area contributed by atoms with E-state index in [2.05, 4.69) is 152 Å². The standard InChI is InChI=1S/C42H28S/c1-2-11-30-26-31(25-22-27(30)10-1)28-20-23-29(24-21-28)40-33-13-3-5-15-35(33)41(36-16-6-4-14-34(36)40)38-18-9-17-37-32-12-7-8-19-39(32)43-42(37)38/h1-17,19-26,38H,18H2. The monoisotopic (exact) mass is 564 g/mol. The van der Waals surface area contributed by atoms with Crippen LogP contribution in [0.3, 0.4) is 0 Å². The number of rotatable bonds is 3. The fraction of sp³-hybridized carbons (Fsp3) is 0.0476. The maximum absolute atomic E-state index is 2.38. The molecule has 8 aromatic rings. The van der Waals surface area contributed by atoms with Crippen molar-refractivity contribution in [3.8, 4) is 22.3 Å². The summed E-state index contributed by atoms with van der Waals surface area (Å²) in [7, 11) is 0. The average molecular weight is 565 g/mol. The Bertz CT molecular complexity index is 2310. The topological polar surface area (TPSA) is 0 Å². The van der Waals surface area contributed by atoms with E-state index in [4.69, 9.17) is 0 Å². The molecule has 0 saturated carbocycles. The van der Waals surface area contributed by atoms with Gasteiger partial charge in [-0.2, -0.15) is 0 Å². The van der Waals surface area contributed by atoms with Gasteiger partial charge in [0.05, 0.1) is 0 Å². The highest BCUT2D eigenvalue weighted by molar-refractivity contribution is 7.19. The summed E-state index contributed by atoms with van der Waals surface area (Å²) in [6.45, 7) is 0. The molecule has 1 aliphatic carbocycles. The van der Waals surface area contributed by atoms with E-state index in [9.17, 15) is 0 Å². The van der Waals surface area contributed by atoms with E-state index in [0.29, 0.717) is 5.92 Å². The molecule has 202 valence electrons. The minimum Gasteiger partial charge on any atom is -0.139 e. The zero-order valence-corrected chi connectivity index (χ0v) is 24.4. The number of allylic oxidation sites excluding steroid dienone is 1. The first-order valence-corrected chi connectivity index (χ1v) is 15.9. The average Bonchev–Trinajstić information content (AvgIpc) is 3.46. The Balaban J connectivity index is 1.24. The largest absolute Gasteiger partial charge is 0.139 e. The van der Waals surface area contributed by atoms with Crippen LogP contribution in [-0.2, 0) is 0 Å². The summed E-state index contributed by atoms with van der Waals surface area (Å²) in [5.74, 6) is 0.330. The van der Waals surface area contributed by atoms with Crippen LogP contribution >= 0.6 is 11.3 Å². The molecule has 0 spiro atoms. The first-order valence-electron chi connectivity index (χ1n) is 15.0. The third-order valence-corrected chi connectivity index (χ3v) is 10.5. The molecule has 0 radical (unpaired) electrons. The minimum atomic E-state index is 0.330. The lowest BCUT2D eigenvalue weighted by Crippen LogP contribution is -2.05. The Kier molecular flexibility index (Phi) is 5.61. The molecule has 0 fully saturated rings. The smallest absolute Gasteiger partial charge is 0.0352 e. The van der Waals surface area contributed by atoms with E-state index in [1.54, 1.807) is 0 Å². The zero-order valence-electron chi connectivity index (χ0n) is 23.6. The van der Waals surface area contributed by atoms with Crippen molar-refractivity contribution in [1.82, 2.24) is 0 Å².